The molecule has 1 aliphatic heterocycles. The molecule has 1 aromatic heterocycles. The standard InChI is InChI=1S/C13H21N3O2/c1-4-11-12(17)14-5-6-16(11)7-10-8-18-13(15-10)9(2)3/h8-9,11H,4-7H2,1-3H3,(H,14,17). The maximum atomic E-state index is 11.7. The summed E-state index contributed by atoms with van der Waals surface area (Å²) in [6.07, 6.45) is 2.52. The van der Waals surface area contributed by atoms with E-state index in [-0.39, 0.29) is 11.9 Å². The van der Waals surface area contributed by atoms with Crippen LogP contribution >= 0.6 is 0 Å². The van der Waals surface area contributed by atoms with Crippen LogP contribution in [0.1, 0.15) is 44.7 Å². The number of carbonyl (C=O) groups is 1. The van der Waals surface area contributed by atoms with Crippen LogP contribution in [0, 0.1) is 0 Å². The highest BCUT2D eigenvalue weighted by Gasteiger charge is 2.28. The van der Waals surface area contributed by atoms with Crippen molar-refractivity contribution in [1.82, 2.24) is 15.2 Å². The molecule has 1 aromatic rings. The van der Waals surface area contributed by atoms with Gasteiger partial charge in [-0.15, -0.1) is 0 Å². The van der Waals surface area contributed by atoms with Crippen LogP contribution in [-0.2, 0) is 11.3 Å². The summed E-state index contributed by atoms with van der Waals surface area (Å²) in [7, 11) is 0. The average molecular weight is 251 g/mol. The van der Waals surface area contributed by atoms with Gasteiger partial charge in [-0.2, -0.15) is 0 Å². The lowest BCUT2D eigenvalue weighted by atomic mass is 10.1. The van der Waals surface area contributed by atoms with Crippen LogP contribution in [0.2, 0.25) is 0 Å². The molecule has 1 aliphatic rings. The smallest absolute Gasteiger partial charge is 0.237 e. The third-order valence-electron chi connectivity index (χ3n) is 3.26. The molecule has 5 nitrogen and oxygen atoms in total. The van der Waals surface area contributed by atoms with Gasteiger partial charge in [0.1, 0.15) is 6.26 Å². The summed E-state index contributed by atoms with van der Waals surface area (Å²) < 4.78 is 5.42. The molecule has 1 amide bonds. The summed E-state index contributed by atoms with van der Waals surface area (Å²) in [5, 5.41) is 2.90. The molecule has 5 heteroatoms. The Bertz CT molecular complexity index is 414. The van der Waals surface area contributed by atoms with Crippen molar-refractivity contribution >= 4 is 5.91 Å². The molecule has 0 saturated carbocycles. The van der Waals surface area contributed by atoms with Gasteiger partial charge < -0.3 is 9.73 Å². The number of aromatic nitrogens is 1. The fourth-order valence-electron chi connectivity index (χ4n) is 2.26. The SMILES string of the molecule is CCC1C(=O)NCCN1Cc1coc(C(C)C)n1. The molecule has 2 rings (SSSR count). The first-order valence-electron chi connectivity index (χ1n) is 6.58. The summed E-state index contributed by atoms with van der Waals surface area (Å²) in [6.45, 7) is 8.41. The molecule has 0 bridgehead atoms. The van der Waals surface area contributed by atoms with Crippen LogP contribution in [0.15, 0.2) is 10.7 Å². The lowest BCUT2D eigenvalue weighted by Gasteiger charge is -2.33. The van der Waals surface area contributed by atoms with Crippen molar-refractivity contribution < 1.29 is 9.21 Å². The molecule has 0 spiro atoms. The van der Waals surface area contributed by atoms with Crippen molar-refractivity contribution in [2.24, 2.45) is 0 Å². The van der Waals surface area contributed by atoms with Gasteiger partial charge in [0.15, 0.2) is 5.89 Å². The van der Waals surface area contributed by atoms with Gasteiger partial charge in [0.25, 0.3) is 0 Å². The van der Waals surface area contributed by atoms with Crippen LogP contribution in [0.5, 0.6) is 0 Å². The summed E-state index contributed by atoms with van der Waals surface area (Å²) in [4.78, 5) is 18.4. The van der Waals surface area contributed by atoms with E-state index in [1.54, 1.807) is 6.26 Å². The monoisotopic (exact) mass is 251 g/mol. The predicted octanol–water partition coefficient (Wildman–Crippen LogP) is 1.51. The third kappa shape index (κ3) is 2.72. The van der Waals surface area contributed by atoms with Crippen LogP contribution in [0.25, 0.3) is 0 Å². The Hall–Kier alpha value is -1.36. The van der Waals surface area contributed by atoms with E-state index in [2.05, 4.69) is 29.0 Å². The number of hydrogen-bond acceptors (Lipinski definition) is 4. The van der Waals surface area contributed by atoms with Gasteiger partial charge in [0.2, 0.25) is 5.91 Å². The highest BCUT2D eigenvalue weighted by atomic mass is 16.3. The molecule has 18 heavy (non-hydrogen) atoms. The first-order chi connectivity index (χ1) is 8.61. The predicted molar refractivity (Wildman–Crippen MR) is 68.1 cm³/mol. The zero-order chi connectivity index (χ0) is 13.1. The number of nitrogens with one attached hydrogen (secondary N) is 1. The molecule has 0 radical (unpaired) electrons. The van der Waals surface area contributed by atoms with E-state index < -0.39 is 0 Å². The number of amides is 1. The summed E-state index contributed by atoms with van der Waals surface area (Å²) in [6, 6.07) is -0.0436. The van der Waals surface area contributed by atoms with E-state index in [0.717, 1.165) is 24.6 Å². The fraction of sp³-hybridized carbons (Fsp3) is 0.692. The molecule has 1 N–H and O–H groups in total. The fourth-order valence-corrected chi connectivity index (χ4v) is 2.26. The first-order valence-corrected chi connectivity index (χ1v) is 6.58. The maximum Gasteiger partial charge on any atom is 0.237 e. The van der Waals surface area contributed by atoms with Crippen LogP contribution in [-0.4, -0.2) is 34.9 Å². The number of carbonyl (C=O) groups excluding carboxylic acids is 1. The van der Waals surface area contributed by atoms with E-state index in [1.165, 1.54) is 0 Å². The zero-order valence-electron chi connectivity index (χ0n) is 11.3. The minimum absolute atomic E-state index is 0.0436. The van der Waals surface area contributed by atoms with Crippen molar-refractivity contribution in [2.75, 3.05) is 13.1 Å². The molecule has 1 unspecified atom stereocenters. The molecule has 1 saturated heterocycles. The van der Waals surface area contributed by atoms with Crippen LogP contribution in [0.4, 0.5) is 0 Å². The van der Waals surface area contributed by atoms with E-state index in [1.807, 2.05) is 6.92 Å². The van der Waals surface area contributed by atoms with Crippen LogP contribution in [0.3, 0.4) is 0 Å². The van der Waals surface area contributed by atoms with Crippen molar-refractivity contribution in [3.63, 3.8) is 0 Å². The number of nitrogens with zero attached hydrogens (tertiary/aromatic N) is 2. The van der Waals surface area contributed by atoms with Gasteiger partial charge in [-0.3, -0.25) is 9.69 Å². The third-order valence-corrected chi connectivity index (χ3v) is 3.26. The minimum atomic E-state index is -0.0436. The molecule has 100 valence electrons. The van der Waals surface area contributed by atoms with Crippen molar-refractivity contribution in [1.29, 1.82) is 0 Å². The maximum absolute atomic E-state index is 11.7. The number of rotatable bonds is 4. The van der Waals surface area contributed by atoms with Gasteiger partial charge >= 0.3 is 0 Å². The Labute approximate surface area is 108 Å². The Morgan fingerprint density at radius 2 is 2.39 bits per heavy atom. The van der Waals surface area contributed by atoms with Gasteiger partial charge in [-0.25, -0.2) is 4.98 Å². The molecule has 1 atom stereocenters. The van der Waals surface area contributed by atoms with E-state index >= 15 is 0 Å². The Morgan fingerprint density at radius 3 is 3.00 bits per heavy atom. The first kappa shape index (κ1) is 13.1. The molecule has 0 aliphatic carbocycles. The summed E-state index contributed by atoms with van der Waals surface area (Å²) in [5.74, 6) is 1.18. The molecular weight excluding hydrogens is 230 g/mol. The summed E-state index contributed by atoms with van der Waals surface area (Å²) >= 11 is 0. The van der Waals surface area contributed by atoms with Gasteiger partial charge in [0, 0.05) is 25.6 Å². The lowest BCUT2D eigenvalue weighted by molar-refractivity contribution is -0.129. The Morgan fingerprint density at radius 1 is 1.61 bits per heavy atom. The Balaban J connectivity index is 2.04. The Kier molecular flexibility index (Phi) is 4.01. The highest BCUT2D eigenvalue weighted by molar-refractivity contribution is 5.82. The summed E-state index contributed by atoms with van der Waals surface area (Å²) in [5.41, 5.74) is 0.909. The number of hydrogen-bond donors (Lipinski definition) is 1. The normalized spacial score (nSPS) is 21.3. The largest absolute Gasteiger partial charge is 0.448 e. The topological polar surface area (TPSA) is 58.4 Å². The molecule has 2 heterocycles. The van der Waals surface area contributed by atoms with Gasteiger partial charge in [-0.1, -0.05) is 20.8 Å². The highest BCUT2D eigenvalue weighted by Crippen LogP contribution is 2.17. The van der Waals surface area contributed by atoms with Crippen molar-refractivity contribution in [2.45, 2.75) is 45.7 Å². The zero-order valence-corrected chi connectivity index (χ0v) is 11.3. The van der Waals surface area contributed by atoms with E-state index in [9.17, 15) is 4.79 Å². The average Bonchev–Trinajstić information content (AvgIpc) is 2.78. The van der Waals surface area contributed by atoms with Crippen molar-refractivity contribution in [3.8, 4) is 0 Å². The second kappa shape index (κ2) is 5.52. The molecule has 1 fully saturated rings. The van der Waals surface area contributed by atoms with Crippen LogP contribution < -0.4 is 5.32 Å². The lowest BCUT2D eigenvalue weighted by Crippen LogP contribution is -2.54. The second-order valence-corrected chi connectivity index (χ2v) is 5.02. The molecular formula is C13H21N3O2. The van der Waals surface area contributed by atoms with Crippen molar-refractivity contribution in [3.05, 3.63) is 17.8 Å². The van der Waals surface area contributed by atoms with E-state index in [0.29, 0.717) is 19.0 Å². The van der Waals surface area contributed by atoms with Gasteiger partial charge in [0.05, 0.1) is 11.7 Å². The van der Waals surface area contributed by atoms with Gasteiger partial charge in [-0.05, 0) is 6.42 Å². The minimum Gasteiger partial charge on any atom is -0.448 e. The number of oxazole rings is 1. The number of piperazine rings is 1. The quantitative estimate of drug-likeness (QED) is 0.881. The molecule has 0 aromatic carbocycles. The van der Waals surface area contributed by atoms with E-state index in [4.69, 9.17) is 4.42 Å². The second-order valence-electron chi connectivity index (χ2n) is 5.02.